The predicted octanol–water partition coefficient (Wildman–Crippen LogP) is 3.37. The van der Waals surface area contributed by atoms with Crippen molar-refractivity contribution in [3.63, 3.8) is 0 Å². The second-order valence-corrected chi connectivity index (χ2v) is 5.40. The second kappa shape index (κ2) is 3.34. The summed E-state index contributed by atoms with van der Waals surface area (Å²) in [6.07, 6.45) is 9.71. The van der Waals surface area contributed by atoms with Crippen LogP contribution in [0.3, 0.4) is 0 Å². The standard InChI is InChI=1S/C12H18N2/c1-12(2,3)8-11-9-6-4-5-7-10(9)13-14-11/h4-7,9-11H,8H2,1-3H3. The van der Waals surface area contributed by atoms with Crippen LogP contribution in [-0.4, -0.2) is 12.1 Å². The van der Waals surface area contributed by atoms with E-state index in [-0.39, 0.29) is 0 Å². The normalized spacial score (nSPS) is 34.9. The highest BCUT2D eigenvalue weighted by Gasteiger charge is 2.34. The highest BCUT2D eigenvalue weighted by atomic mass is 15.2. The molecule has 2 heteroatoms. The third-order valence-electron chi connectivity index (χ3n) is 2.76. The molecule has 76 valence electrons. The summed E-state index contributed by atoms with van der Waals surface area (Å²) < 4.78 is 0. The molecule has 3 atom stereocenters. The zero-order valence-corrected chi connectivity index (χ0v) is 9.14. The first kappa shape index (κ1) is 9.63. The highest BCUT2D eigenvalue weighted by Crippen LogP contribution is 2.35. The number of allylic oxidation sites excluding steroid dienone is 2. The Kier molecular flexibility index (Phi) is 2.30. The van der Waals surface area contributed by atoms with Gasteiger partial charge in [0.25, 0.3) is 0 Å². The van der Waals surface area contributed by atoms with Crippen molar-refractivity contribution in [1.82, 2.24) is 0 Å². The summed E-state index contributed by atoms with van der Waals surface area (Å²) in [5.74, 6) is 0.513. The molecule has 2 aliphatic rings. The van der Waals surface area contributed by atoms with E-state index in [4.69, 9.17) is 0 Å². The molecular formula is C12H18N2. The van der Waals surface area contributed by atoms with Crippen molar-refractivity contribution in [3.05, 3.63) is 24.3 Å². The molecule has 0 aromatic rings. The molecule has 0 saturated heterocycles. The van der Waals surface area contributed by atoms with Gasteiger partial charge in [0, 0.05) is 5.92 Å². The van der Waals surface area contributed by atoms with E-state index in [1.165, 1.54) is 0 Å². The van der Waals surface area contributed by atoms with E-state index in [1.807, 2.05) is 0 Å². The maximum absolute atomic E-state index is 4.39. The third-order valence-corrected chi connectivity index (χ3v) is 2.76. The van der Waals surface area contributed by atoms with Crippen LogP contribution in [0.25, 0.3) is 0 Å². The lowest BCUT2D eigenvalue weighted by Crippen LogP contribution is -2.26. The van der Waals surface area contributed by atoms with Crippen molar-refractivity contribution in [2.45, 2.75) is 39.3 Å². The number of rotatable bonds is 1. The molecule has 0 amide bonds. The highest BCUT2D eigenvalue weighted by molar-refractivity contribution is 5.20. The van der Waals surface area contributed by atoms with Gasteiger partial charge in [0.1, 0.15) is 0 Å². The van der Waals surface area contributed by atoms with E-state index >= 15 is 0 Å². The molecule has 0 spiro atoms. The number of hydrogen-bond acceptors (Lipinski definition) is 2. The summed E-state index contributed by atoms with van der Waals surface area (Å²) in [7, 11) is 0. The quantitative estimate of drug-likeness (QED) is 0.605. The van der Waals surface area contributed by atoms with Crippen LogP contribution < -0.4 is 0 Å². The Bertz CT molecular complexity index is 294. The van der Waals surface area contributed by atoms with Gasteiger partial charge in [0.15, 0.2) is 0 Å². The van der Waals surface area contributed by atoms with E-state index in [1.54, 1.807) is 0 Å². The first-order valence-corrected chi connectivity index (χ1v) is 5.31. The maximum atomic E-state index is 4.39. The largest absolute Gasteiger partial charge is 0.189 e. The molecule has 1 aliphatic carbocycles. The lowest BCUT2D eigenvalue weighted by molar-refractivity contribution is 0.316. The molecule has 0 bridgehead atoms. The van der Waals surface area contributed by atoms with Crippen molar-refractivity contribution in [1.29, 1.82) is 0 Å². The van der Waals surface area contributed by atoms with Gasteiger partial charge in [-0.2, -0.15) is 10.2 Å². The monoisotopic (exact) mass is 190 g/mol. The van der Waals surface area contributed by atoms with Crippen LogP contribution in [0.4, 0.5) is 0 Å². The lowest BCUT2D eigenvalue weighted by Gasteiger charge is -2.25. The summed E-state index contributed by atoms with van der Waals surface area (Å²) >= 11 is 0. The summed E-state index contributed by atoms with van der Waals surface area (Å²) in [6.45, 7) is 6.79. The van der Waals surface area contributed by atoms with Crippen molar-refractivity contribution in [2.24, 2.45) is 21.6 Å². The Morgan fingerprint density at radius 1 is 1.07 bits per heavy atom. The van der Waals surface area contributed by atoms with Crippen molar-refractivity contribution < 1.29 is 0 Å². The fourth-order valence-corrected chi connectivity index (χ4v) is 2.13. The molecule has 0 saturated carbocycles. The maximum Gasteiger partial charge on any atom is 0.0975 e. The topological polar surface area (TPSA) is 24.7 Å². The fraction of sp³-hybridized carbons (Fsp3) is 0.667. The van der Waals surface area contributed by atoms with Crippen LogP contribution >= 0.6 is 0 Å². The summed E-state index contributed by atoms with van der Waals surface area (Å²) in [6, 6.07) is 0.702. The zero-order valence-electron chi connectivity index (χ0n) is 9.14. The van der Waals surface area contributed by atoms with E-state index in [0.717, 1.165) is 6.42 Å². The van der Waals surface area contributed by atoms with Crippen LogP contribution in [0.15, 0.2) is 34.5 Å². The molecule has 3 unspecified atom stereocenters. The van der Waals surface area contributed by atoms with Gasteiger partial charge in [0.2, 0.25) is 0 Å². The first-order valence-electron chi connectivity index (χ1n) is 5.31. The van der Waals surface area contributed by atoms with E-state index in [2.05, 4.69) is 55.3 Å². The van der Waals surface area contributed by atoms with E-state index in [0.29, 0.717) is 23.4 Å². The van der Waals surface area contributed by atoms with Crippen LogP contribution in [0.2, 0.25) is 0 Å². The number of nitrogens with zero attached hydrogens (tertiary/aromatic N) is 2. The van der Waals surface area contributed by atoms with E-state index in [9.17, 15) is 0 Å². The minimum Gasteiger partial charge on any atom is -0.189 e. The number of hydrogen-bond donors (Lipinski definition) is 0. The molecule has 0 aromatic heterocycles. The Balaban J connectivity index is 2.06. The van der Waals surface area contributed by atoms with Crippen LogP contribution in [-0.2, 0) is 0 Å². The summed E-state index contributed by atoms with van der Waals surface area (Å²) in [5, 5.41) is 8.70. The molecular weight excluding hydrogens is 172 g/mol. The molecule has 0 fully saturated rings. The Morgan fingerprint density at radius 2 is 1.79 bits per heavy atom. The Morgan fingerprint density at radius 3 is 2.50 bits per heavy atom. The van der Waals surface area contributed by atoms with Gasteiger partial charge in [-0.05, 0) is 11.8 Å². The Hall–Kier alpha value is -0.920. The van der Waals surface area contributed by atoms with Gasteiger partial charge in [-0.1, -0.05) is 45.1 Å². The Labute approximate surface area is 85.8 Å². The van der Waals surface area contributed by atoms with Crippen LogP contribution in [0, 0.1) is 11.3 Å². The fourth-order valence-electron chi connectivity index (χ4n) is 2.13. The zero-order chi connectivity index (χ0) is 10.2. The van der Waals surface area contributed by atoms with Gasteiger partial charge in [-0.25, -0.2) is 0 Å². The average molecular weight is 190 g/mol. The molecule has 1 aliphatic heterocycles. The number of fused-ring (bicyclic) bond motifs is 1. The predicted molar refractivity (Wildman–Crippen MR) is 58.3 cm³/mol. The molecule has 2 nitrogen and oxygen atoms in total. The molecule has 0 N–H and O–H groups in total. The van der Waals surface area contributed by atoms with Crippen molar-refractivity contribution in [3.8, 4) is 0 Å². The second-order valence-electron chi connectivity index (χ2n) is 5.40. The molecule has 0 radical (unpaired) electrons. The van der Waals surface area contributed by atoms with Crippen molar-refractivity contribution in [2.75, 3.05) is 0 Å². The molecule has 2 rings (SSSR count). The summed E-state index contributed by atoms with van der Waals surface area (Å²) in [4.78, 5) is 0. The summed E-state index contributed by atoms with van der Waals surface area (Å²) in [5.41, 5.74) is 0.341. The van der Waals surface area contributed by atoms with Gasteiger partial charge in [0.05, 0.1) is 12.1 Å². The van der Waals surface area contributed by atoms with Gasteiger partial charge in [-0.15, -0.1) is 0 Å². The average Bonchev–Trinajstić information content (AvgIpc) is 2.47. The van der Waals surface area contributed by atoms with Crippen LogP contribution in [0.1, 0.15) is 27.2 Å². The molecule has 0 aromatic carbocycles. The third kappa shape index (κ3) is 1.94. The first-order chi connectivity index (χ1) is 6.56. The smallest absolute Gasteiger partial charge is 0.0975 e. The van der Waals surface area contributed by atoms with Gasteiger partial charge < -0.3 is 0 Å². The van der Waals surface area contributed by atoms with Crippen LogP contribution in [0.5, 0.6) is 0 Å². The molecule has 14 heavy (non-hydrogen) atoms. The van der Waals surface area contributed by atoms with E-state index < -0.39 is 0 Å². The van der Waals surface area contributed by atoms with Gasteiger partial charge in [-0.3, -0.25) is 0 Å². The lowest BCUT2D eigenvalue weighted by atomic mass is 9.80. The van der Waals surface area contributed by atoms with Gasteiger partial charge >= 0.3 is 0 Å². The minimum atomic E-state index is 0.312. The SMILES string of the molecule is CC(C)(C)CC1N=NC2C=CC=CC21. The number of azo groups is 1. The van der Waals surface area contributed by atoms with Crippen molar-refractivity contribution >= 4 is 0 Å². The molecule has 1 heterocycles. The minimum absolute atomic E-state index is 0.312.